The van der Waals surface area contributed by atoms with E-state index < -0.39 is 5.97 Å². The van der Waals surface area contributed by atoms with Gasteiger partial charge in [-0.1, -0.05) is 6.07 Å². The van der Waals surface area contributed by atoms with Crippen LogP contribution in [0.4, 0.5) is 5.69 Å². The third-order valence-electron chi connectivity index (χ3n) is 3.37. The predicted molar refractivity (Wildman–Crippen MR) is 78.1 cm³/mol. The molecule has 0 bridgehead atoms. The van der Waals surface area contributed by atoms with Gasteiger partial charge in [0.05, 0.1) is 25.0 Å². The van der Waals surface area contributed by atoms with Gasteiger partial charge in [-0.25, -0.2) is 0 Å². The van der Waals surface area contributed by atoms with Crippen LogP contribution in [0.25, 0.3) is 0 Å². The van der Waals surface area contributed by atoms with Gasteiger partial charge in [-0.3, -0.25) is 9.59 Å². The topological polar surface area (TPSA) is 81.9 Å². The van der Waals surface area contributed by atoms with Crippen LogP contribution in [0.15, 0.2) is 18.2 Å². The van der Waals surface area contributed by atoms with Crippen LogP contribution < -0.4 is 10.5 Å². The Morgan fingerprint density at radius 3 is 2.67 bits per heavy atom. The summed E-state index contributed by atoms with van der Waals surface area (Å²) in [7, 11) is 1.50. The maximum absolute atomic E-state index is 12.6. The molecule has 6 nitrogen and oxygen atoms in total. The quantitative estimate of drug-likeness (QED) is 0.634. The van der Waals surface area contributed by atoms with E-state index in [1.807, 2.05) is 0 Å². The van der Waals surface area contributed by atoms with E-state index in [4.69, 9.17) is 15.2 Å². The highest BCUT2D eigenvalue weighted by Crippen LogP contribution is 2.31. The SMILES string of the molecule is CCOC(=O)CN(C(=O)c1cccc(OC)c1N)C1CC1. The largest absolute Gasteiger partial charge is 0.495 e. The molecular weight excluding hydrogens is 272 g/mol. The molecule has 114 valence electrons. The first-order valence-corrected chi connectivity index (χ1v) is 6.97. The second-order valence-corrected chi connectivity index (χ2v) is 4.89. The molecule has 6 heteroatoms. The van der Waals surface area contributed by atoms with Gasteiger partial charge < -0.3 is 20.1 Å². The lowest BCUT2D eigenvalue weighted by molar-refractivity contribution is -0.144. The van der Waals surface area contributed by atoms with Gasteiger partial charge in [0.2, 0.25) is 0 Å². The molecule has 0 unspecified atom stereocenters. The average Bonchev–Trinajstić information content (AvgIpc) is 3.29. The van der Waals surface area contributed by atoms with Crippen molar-refractivity contribution in [3.8, 4) is 5.75 Å². The fourth-order valence-corrected chi connectivity index (χ4v) is 2.16. The van der Waals surface area contributed by atoms with E-state index in [1.54, 1.807) is 25.1 Å². The molecule has 2 rings (SSSR count). The van der Waals surface area contributed by atoms with Crippen molar-refractivity contribution in [3.05, 3.63) is 23.8 Å². The van der Waals surface area contributed by atoms with Crippen LogP contribution in [-0.4, -0.2) is 43.1 Å². The van der Waals surface area contributed by atoms with Gasteiger partial charge in [-0.15, -0.1) is 0 Å². The van der Waals surface area contributed by atoms with Crippen molar-refractivity contribution in [1.82, 2.24) is 4.90 Å². The minimum atomic E-state index is -0.404. The number of nitrogens with two attached hydrogens (primary N) is 1. The zero-order valence-corrected chi connectivity index (χ0v) is 12.3. The Morgan fingerprint density at radius 2 is 2.10 bits per heavy atom. The summed E-state index contributed by atoms with van der Waals surface area (Å²) >= 11 is 0. The number of esters is 1. The second kappa shape index (κ2) is 6.47. The fourth-order valence-electron chi connectivity index (χ4n) is 2.16. The van der Waals surface area contributed by atoms with Gasteiger partial charge in [-0.05, 0) is 31.9 Å². The number of hydrogen-bond donors (Lipinski definition) is 1. The summed E-state index contributed by atoms with van der Waals surface area (Å²) in [5.41, 5.74) is 6.60. The van der Waals surface area contributed by atoms with Crippen LogP contribution in [0.3, 0.4) is 0 Å². The fraction of sp³-hybridized carbons (Fsp3) is 0.467. The zero-order valence-electron chi connectivity index (χ0n) is 12.3. The molecule has 0 aromatic heterocycles. The molecule has 1 aliphatic rings. The van der Waals surface area contributed by atoms with Gasteiger partial charge in [0, 0.05) is 6.04 Å². The molecule has 1 fully saturated rings. The number of nitrogen functional groups attached to an aromatic ring is 1. The summed E-state index contributed by atoms with van der Waals surface area (Å²) in [6.07, 6.45) is 1.80. The Bertz CT molecular complexity index is 540. The third-order valence-corrected chi connectivity index (χ3v) is 3.37. The van der Waals surface area contributed by atoms with E-state index in [1.165, 1.54) is 12.0 Å². The Hall–Kier alpha value is -2.24. The van der Waals surface area contributed by atoms with E-state index in [2.05, 4.69) is 0 Å². The molecule has 1 aliphatic carbocycles. The predicted octanol–water partition coefficient (Wildman–Crippen LogP) is 1.45. The molecular formula is C15H20N2O4. The minimum Gasteiger partial charge on any atom is -0.495 e. The highest BCUT2D eigenvalue weighted by atomic mass is 16.5. The van der Waals surface area contributed by atoms with Crippen molar-refractivity contribution >= 4 is 17.6 Å². The molecule has 21 heavy (non-hydrogen) atoms. The van der Waals surface area contributed by atoms with E-state index in [0.29, 0.717) is 23.6 Å². The molecule has 1 aromatic rings. The lowest BCUT2D eigenvalue weighted by atomic mass is 10.1. The monoisotopic (exact) mass is 292 g/mol. The van der Waals surface area contributed by atoms with Gasteiger partial charge in [0.15, 0.2) is 0 Å². The second-order valence-electron chi connectivity index (χ2n) is 4.89. The summed E-state index contributed by atoms with van der Waals surface area (Å²) in [5, 5.41) is 0. The van der Waals surface area contributed by atoms with Crippen molar-refractivity contribution in [1.29, 1.82) is 0 Å². The smallest absolute Gasteiger partial charge is 0.325 e. The standard InChI is InChI=1S/C15H20N2O4/c1-3-21-13(18)9-17(10-7-8-10)15(19)11-5-4-6-12(20-2)14(11)16/h4-6,10H,3,7-9,16H2,1-2H3. The molecule has 0 spiro atoms. The van der Waals surface area contributed by atoms with Crippen molar-refractivity contribution in [3.63, 3.8) is 0 Å². The molecule has 0 aliphatic heterocycles. The molecule has 0 atom stereocenters. The first-order chi connectivity index (χ1) is 10.1. The maximum Gasteiger partial charge on any atom is 0.325 e. The van der Waals surface area contributed by atoms with E-state index in [0.717, 1.165) is 12.8 Å². The van der Waals surface area contributed by atoms with Crippen LogP contribution in [0.5, 0.6) is 5.75 Å². The Labute approximate surface area is 123 Å². The van der Waals surface area contributed by atoms with Gasteiger partial charge in [-0.2, -0.15) is 0 Å². The Balaban J connectivity index is 2.21. The van der Waals surface area contributed by atoms with Gasteiger partial charge >= 0.3 is 5.97 Å². The summed E-state index contributed by atoms with van der Waals surface area (Å²) < 4.78 is 10.0. The number of nitrogens with zero attached hydrogens (tertiary/aromatic N) is 1. The lowest BCUT2D eigenvalue weighted by Gasteiger charge is -2.22. The van der Waals surface area contributed by atoms with Gasteiger partial charge in [0.1, 0.15) is 12.3 Å². The summed E-state index contributed by atoms with van der Waals surface area (Å²) in [6.45, 7) is 1.99. The highest BCUT2D eigenvalue weighted by molar-refractivity contribution is 6.01. The van der Waals surface area contributed by atoms with Crippen molar-refractivity contribution in [2.45, 2.75) is 25.8 Å². The van der Waals surface area contributed by atoms with Gasteiger partial charge in [0.25, 0.3) is 5.91 Å². The van der Waals surface area contributed by atoms with Crippen LogP contribution in [0.1, 0.15) is 30.1 Å². The third kappa shape index (κ3) is 3.45. The number of carbonyl (C=O) groups is 2. The van der Waals surface area contributed by atoms with Crippen LogP contribution in [0, 0.1) is 0 Å². The van der Waals surface area contributed by atoms with Crippen molar-refractivity contribution in [2.24, 2.45) is 0 Å². The highest BCUT2D eigenvalue weighted by Gasteiger charge is 2.35. The number of amides is 1. The van der Waals surface area contributed by atoms with Crippen LogP contribution in [0.2, 0.25) is 0 Å². The minimum absolute atomic E-state index is 0.0476. The maximum atomic E-state index is 12.6. The molecule has 2 N–H and O–H groups in total. The molecule has 0 heterocycles. The number of ether oxygens (including phenoxy) is 2. The lowest BCUT2D eigenvalue weighted by Crippen LogP contribution is -2.38. The van der Waals surface area contributed by atoms with Crippen LogP contribution in [-0.2, 0) is 9.53 Å². The summed E-state index contributed by atoms with van der Waals surface area (Å²) in [6, 6.07) is 5.13. The summed E-state index contributed by atoms with van der Waals surface area (Å²) in [4.78, 5) is 25.8. The molecule has 0 radical (unpaired) electrons. The Kier molecular flexibility index (Phi) is 4.67. The first-order valence-electron chi connectivity index (χ1n) is 6.97. The summed E-state index contributed by atoms with van der Waals surface area (Å²) in [5.74, 6) is -0.214. The number of methoxy groups -OCH3 is 1. The zero-order chi connectivity index (χ0) is 15.4. The van der Waals surface area contributed by atoms with E-state index in [9.17, 15) is 9.59 Å². The number of rotatable bonds is 6. The molecule has 0 saturated heterocycles. The molecule has 1 amide bonds. The number of para-hydroxylation sites is 1. The van der Waals surface area contributed by atoms with E-state index >= 15 is 0 Å². The number of hydrogen-bond acceptors (Lipinski definition) is 5. The average molecular weight is 292 g/mol. The van der Waals surface area contributed by atoms with Crippen LogP contribution >= 0.6 is 0 Å². The first kappa shape index (κ1) is 15.2. The number of benzene rings is 1. The number of carbonyl (C=O) groups excluding carboxylic acids is 2. The van der Waals surface area contributed by atoms with E-state index in [-0.39, 0.29) is 18.5 Å². The Morgan fingerprint density at radius 1 is 1.38 bits per heavy atom. The van der Waals surface area contributed by atoms with Crippen molar-refractivity contribution in [2.75, 3.05) is 26.0 Å². The molecule has 1 saturated carbocycles. The number of anilines is 1. The van der Waals surface area contributed by atoms with Crippen molar-refractivity contribution < 1.29 is 19.1 Å². The normalized spacial score (nSPS) is 13.6. The molecule has 1 aromatic carbocycles.